The molecule has 5 nitrogen and oxygen atoms in total. The Balaban J connectivity index is 1.71. The molecular formula is C14H25N3O2. The molecule has 0 bridgehead atoms. The number of carbonyl (C=O) groups is 2. The van der Waals surface area contributed by atoms with E-state index in [1.165, 1.54) is 12.8 Å². The Morgan fingerprint density at radius 1 is 1.05 bits per heavy atom. The highest BCUT2D eigenvalue weighted by atomic mass is 16.2. The van der Waals surface area contributed by atoms with E-state index in [1.807, 2.05) is 16.7 Å². The Kier molecular flexibility index (Phi) is 5.19. The summed E-state index contributed by atoms with van der Waals surface area (Å²) in [7, 11) is 0. The maximum absolute atomic E-state index is 12.1. The number of nitrogens with zero attached hydrogens (tertiary/aromatic N) is 2. The zero-order chi connectivity index (χ0) is 13.7. The smallest absolute Gasteiger partial charge is 0.223 e. The van der Waals surface area contributed by atoms with Gasteiger partial charge >= 0.3 is 0 Å². The molecule has 0 aromatic rings. The summed E-state index contributed by atoms with van der Waals surface area (Å²) < 4.78 is 0. The van der Waals surface area contributed by atoms with Crippen molar-refractivity contribution >= 4 is 11.8 Å². The molecule has 108 valence electrons. The summed E-state index contributed by atoms with van der Waals surface area (Å²) in [6, 6.07) is 0.662. The van der Waals surface area contributed by atoms with Crippen LogP contribution in [0.25, 0.3) is 0 Å². The van der Waals surface area contributed by atoms with Gasteiger partial charge in [0.25, 0.3) is 0 Å². The molecule has 0 atom stereocenters. The Morgan fingerprint density at radius 2 is 1.68 bits per heavy atom. The van der Waals surface area contributed by atoms with E-state index in [1.54, 1.807) is 0 Å². The molecule has 5 heteroatoms. The molecule has 1 aliphatic carbocycles. The Morgan fingerprint density at radius 3 is 2.26 bits per heavy atom. The second-order valence-electron chi connectivity index (χ2n) is 5.45. The summed E-state index contributed by atoms with van der Waals surface area (Å²) in [4.78, 5) is 27.5. The molecule has 1 heterocycles. The van der Waals surface area contributed by atoms with Crippen molar-refractivity contribution in [1.29, 1.82) is 0 Å². The molecule has 2 amide bonds. The highest BCUT2D eigenvalue weighted by Gasteiger charge is 2.23. The molecule has 1 aliphatic heterocycles. The van der Waals surface area contributed by atoms with Crippen LogP contribution >= 0.6 is 0 Å². The number of rotatable bonds is 5. The number of carbonyl (C=O) groups excluding carboxylic acids is 2. The number of hydrogen-bond donors (Lipinski definition) is 1. The minimum Gasteiger partial charge on any atom is -0.341 e. The third-order valence-corrected chi connectivity index (χ3v) is 3.85. The number of nitrogens with one attached hydrogen (secondary N) is 1. The SMILES string of the molecule is CCC(=O)N1CCCN(C(=O)CCNC2CC2)CC1. The zero-order valence-electron chi connectivity index (χ0n) is 11.9. The predicted octanol–water partition coefficient (Wildman–Crippen LogP) is 0.599. The van der Waals surface area contributed by atoms with Crippen LogP contribution < -0.4 is 5.32 Å². The first kappa shape index (κ1) is 14.3. The average molecular weight is 267 g/mol. The highest BCUT2D eigenvalue weighted by molar-refractivity contribution is 5.77. The summed E-state index contributed by atoms with van der Waals surface area (Å²) in [5.74, 6) is 0.420. The van der Waals surface area contributed by atoms with Gasteiger partial charge in [-0.1, -0.05) is 6.92 Å². The fraction of sp³-hybridized carbons (Fsp3) is 0.857. The molecule has 1 saturated heterocycles. The van der Waals surface area contributed by atoms with E-state index in [4.69, 9.17) is 0 Å². The van der Waals surface area contributed by atoms with Crippen LogP contribution in [0, 0.1) is 0 Å². The van der Waals surface area contributed by atoms with Gasteiger partial charge in [0.1, 0.15) is 0 Å². The lowest BCUT2D eigenvalue weighted by Crippen LogP contribution is -2.38. The minimum atomic E-state index is 0.199. The summed E-state index contributed by atoms with van der Waals surface area (Å²) in [6.45, 7) is 5.63. The maximum atomic E-state index is 12.1. The first-order valence-electron chi connectivity index (χ1n) is 7.49. The molecule has 2 rings (SSSR count). The van der Waals surface area contributed by atoms with Gasteiger partial charge in [0, 0.05) is 51.6 Å². The van der Waals surface area contributed by atoms with Crippen LogP contribution in [0.15, 0.2) is 0 Å². The second-order valence-corrected chi connectivity index (χ2v) is 5.45. The summed E-state index contributed by atoms with van der Waals surface area (Å²) in [5.41, 5.74) is 0. The van der Waals surface area contributed by atoms with Crippen LogP contribution in [0.4, 0.5) is 0 Å². The number of amides is 2. The third-order valence-electron chi connectivity index (χ3n) is 3.85. The first-order valence-corrected chi connectivity index (χ1v) is 7.49. The van der Waals surface area contributed by atoms with Crippen LogP contribution in [0.1, 0.15) is 39.0 Å². The molecule has 19 heavy (non-hydrogen) atoms. The van der Waals surface area contributed by atoms with Crippen molar-refractivity contribution in [2.75, 3.05) is 32.7 Å². The first-order chi connectivity index (χ1) is 9.20. The van der Waals surface area contributed by atoms with Gasteiger partial charge in [-0.25, -0.2) is 0 Å². The number of hydrogen-bond acceptors (Lipinski definition) is 3. The lowest BCUT2D eigenvalue weighted by molar-refractivity contribution is -0.133. The monoisotopic (exact) mass is 267 g/mol. The van der Waals surface area contributed by atoms with Gasteiger partial charge in [0.2, 0.25) is 11.8 Å². The van der Waals surface area contributed by atoms with Crippen molar-refractivity contribution in [3.63, 3.8) is 0 Å². The average Bonchev–Trinajstić information content (AvgIpc) is 3.23. The van der Waals surface area contributed by atoms with E-state index >= 15 is 0 Å². The van der Waals surface area contributed by atoms with E-state index < -0.39 is 0 Å². The van der Waals surface area contributed by atoms with E-state index in [2.05, 4.69) is 5.32 Å². The van der Waals surface area contributed by atoms with Crippen LogP contribution in [0.3, 0.4) is 0 Å². The summed E-state index contributed by atoms with van der Waals surface area (Å²) in [5, 5.41) is 3.37. The third kappa shape index (κ3) is 4.49. The normalized spacial score (nSPS) is 20.3. The molecule has 1 N–H and O–H groups in total. The van der Waals surface area contributed by atoms with Crippen molar-refractivity contribution in [2.24, 2.45) is 0 Å². The van der Waals surface area contributed by atoms with Gasteiger partial charge < -0.3 is 15.1 Å². The van der Waals surface area contributed by atoms with Crippen molar-refractivity contribution in [3.8, 4) is 0 Å². The van der Waals surface area contributed by atoms with E-state index in [-0.39, 0.29) is 11.8 Å². The van der Waals surface area contributed by atoms with Gasteiger partial charge in [0.15, 0.2) is 0 Å². The maximum Gasteiger partial charge on any atom is 0.223 e. The summed E-state index contributed by atoms with van der Waals surface area (Å²) in [6.07, 6.45) is 4.54. The standard InChI is InChI=1S/C14H25N3O2/c1-2-13(18)16-8-3-9-17(11-10-16)14(19)6-7-15-12-4-5-12/h12,15H,2-11H2,1H3. The van der Waals surface area contributed by atoms with Crippen molar-refractivity contribution in [3.05, 3.63) is 0 Å². The van der Waals surface area contributed by atoms with Crippen molar-refractivity contribution in [2.45, 2.75) is 45.1 Å². The Hall–Kier alpha value is -1.10. The van der Waals surface area contributed by atoms with Crippen LogP contribution in [0.5, 0.6) is 0 Å². The molecule has 0 aromatic carbocycles. The minimum absolute atomic E-state index is 0.199. The summed E-state index contributed by atoms with van der Waals surface area (Å²) >= 11 is 0. The predicted molar refractivity (Wildman–Crippen MR) is 73.7 cm³/mol. The fourth-order valence-electron chi connectivity index (χ4n) is 2.47. The molecule has 0 aromatic heterocycles. The molecule has 2 fully saturated rings. The van der Waals surface area contributed by atoms with Gasteiger partial charge in [-0.3, -0.25) is 9.59 Å². The van der Waals surface area contributed by atoms with Crippen molar-refractivity contribution < 1.29 is 9.59 Å². The van der Waals surface area contributed by atoms with Crippen LogP contribution in [0.2, 0.25) is 0 Å². The quantitative estimate of drug-likeness (QED) is 0.793. The van der Waals surface area contributed by atoms with Gasteiger partial charge in [-0.2, -0.15) is 0 Å². The van der Waals surface area contributed by atoms with E-state index in [0.29, 0.717) is 32.0 Å². The van der Waals surface area contributed by atoms with E-state index in [9.17, 15) is 9.59 Å². The van der Waals surface area contributed by atoms with Gasteiger partial charge in [-0.05, 0) is 19.3 Å². The highest BCUT2D eigenvalue weighted by Crippen LogP contribution is 2.18. The second kappa shape index (κ2) is 6.89. The van der Waals surface area contributed by atoms with Crippen LogP contribution in [-0.4, -0.2) is 60.4 Å². The molecular weight excluding hydrogens is 242 g/mol. The molecule has 0 spiro atoms. The lowest BCUT2D eigenvalue weighted by atomic mass is 10.3. The lowest BCUT2D eigenvalue weighted by Gasteiger charge is -2.22. The van der Waals surface area contributed by atoms with Gasteiger partial charge in [0.05, 0.1) is 0 Å². The zero-order valence-corrected chi connectivity index (χ0v) is 11.9. The molecule has 2 aliphatic rings. The Bertz CT molecular complexity index is 329. The van der Waals surface area contributed by atoms with E-state index in [0.717, 1.165) is 26.1 Å². The van der Waals surface area contributed by atoms with Crippen LogP contribution in [-0.2, 0) is 9.59 Å². The largest absolute Gasteiger partial charge is 0.341 e. The Labute approximate surface area is 115 Å². The van der Waals surface area contributed by atoms with Gasteiger partial charge in [-0.15, -0.1) is 0 Å². The molecule has 1 saturated carbocycles. The fourth-order valence-corrected chi connectivity index (χ4v) is 2.47. The molecule has 0 radical (unpaired) electrons. The molecule has 0 unspecified atom stereocenters. The topological polar surface area (TPSA) is 52.7 Å². The van der Waals surface area contributed by atoms with Crippen molar-refractivity contribution in [1.82, 2.24) is 15.1 Å².